The smallest absolute Gasteiger partial charge is 0.237 e. The fourth-order valence-corrected chi connectivity index (χ4v) is 4.38. The predicted octanol–water partition coefficient (Wildman–Crippen LogP) is 5.22. The van der Waals surface area contributed by atoms with Crippen LogP contribution in [0.1, 0.15) is 17.3 Å². The van der Waals surface area contributed by atoms with Gasteiger partial charge in [0.2, 0.25) is 11.7 Å². The van der Waals surface area contributed by atoms with Crippen LogP contribution in [0, 0.1) is 0 Å². The van der Waals surface area contributed by atoms with Gasteiger partial charge in [0.25, 0.3) is 0 Å². The molecule has 0 amide bonds. The maximum absolute atomic E-state index is 5.49. The summed E-state index contributed by atoms with van der Waals surface area (Å²) in [5.74, 6) is 3.91. The van der Waals surface area contributed by atoms with Crippen LogP contribution in [0.15, 0.2) is 88.5 Å². The number of thioether (sulfide) groups is 1. The van der Waals surface area contributed by atoms with Crippen LogP contribution in [-0.2, 0) is 12.2 Å². The summed E-state index contributed by atoms with van der Waals surface area (Å²) in [5, 5.41) is 13.8. The number of aromatic nitrogens is 5. The summed E-state index contributed by atoms with van der Waals surface area (Å²) in [6.45, 7) is 0. The molecule has 0 saturated heterocycles. The standard InChI is InChI=1S/C26H23N5O3S/c1-32-21-12-8-19(9-13-21)25-27-24(34-30-25)17-35-26-29-28-23(16-18-6-4-3-5-7-18)31(26)20-10-14-22(33-2)15-11-20/h3-15H,16-17H2,1-2H3. The molecular weight excluding hydrogens is 462 g/mol. The van der Waals surface area contributed by atoms with Gasteiger partial charge in [-0.3, -0.25) is 4.57 Å². The molecule has 0 N–H and O–H groups in total. The fourth-order valence-electron chi connectivity index (χ4n) is 3.57. The van der Waals surface area contributed by atoms with E-state index in [9.17, 15) is 0 Å². The summed E-state index contributed by atoms with van der Waals surface area (Å²) in [7, 11) is 3.29. The minimum atomic E-state index is 0.461. The lowest BCUT2D eigenvalue weighted by atomic mass is 10.1. The van der Waals surface area contributed by atoms with Gasteiger partial charge in [-0.2, -0.15) is 4.98 Å². The molecule has 0 aliphatic heterocycles. The normalized spacial score (nSPS) is 10.9. The Labute approximate surface area is 206 Å². The van der Waals surface area contributed by atoms with Crippen molar-refractivity contribution in [2.45, 2.75) is 17.3 Å². The summed E-state index contributed by atoms with van der Waals surface area (Å²) in [4.78, 5) is 4.54. The molecule has 5 rings (SSSR count). The number of methoxy groups -OCH3 is 2. The Hall–Kier alpha value is -4.11. The van der Waals surface area contributed by atoms with Crippen LogP contribution in [0.5, 0.6) is 11.5 Å². The third kappa shape index (κ3) is 5.20. The van der Waals surface area contributed by atoms with E-state index in [1.807, 2.05) is 66.7 Å². The fraction of sp³-hybridized carbons (Fsp3) is 0.154. The van der Waals surface area contributed by atoms with Gasteiger partial charge in [-0.1, -0.05) is 47.3 Å². The maximum atomic E-state index is 5.49. The molecule has 0 atom stereocenters. The highest BCUT2D eigenvalue weighted by Gasteiger charge is 2.17. The van der Waals surface area contributed by atoms with E-state index in [-0.39, 0.29) is 0 Å². The van der Waals surface area contributed by atoms with E-state index in [2.05, 4.69) is 37.0 Å². The molecule has 0 spiro atoms. The van der Waals surface area contributed by atoms with Gasteiger partial charge in [-0.15, -0.1) is 10.2 Å². The van der Waals surface area contributed by atoms with E-state index in [1.54, 1.807) is 14.2 Å². The van der Waals surface area contributed by atoms with Crippen LogP contribution in [0.2, 0.25) is 0 Å². The summed E-state index contributed by atoms with van der Waals surface area (Å²) >= 11 is 1.49. The number of ether oxygens (including phenoxy) is 2. The molecule has 0 bridgehead atoms. The average molecular weight is 486 g/mol. The molecule has 35 heavy (non-hydrogen) atoms. The van der Waals surface area contributed by atoms with Crippen molar-refractivity contribution in [2.75, 3.05) is 14.2 Å². The van der Waals surface area contributed by atoms with E-state index >= 15 is 0 Å². The average Bonchev–Trinajstić information content (AvgIpc) is 3.55. The molecule has 9 heteroatoms. The molecule has 3 aromatic carbocycles. The highest BCUT2D eigenvalue weighted by Crippen LogP contribution is 2.28. The second-order valence-corrected chi connectivity index (χ2v) is 8.57. The van der Waals surface area contributed by atoms with E-state index in [1.165, 1.54) is 11.8 Å². The van der Waals surface area contributed by atoms with Crippen molar-refractivity contribution in [1.29, 1.82) is 0 Å². The number of hydrogen-bond donors (Lipinski definition) is 0. The highest BCUT2D eigenvalue weighted by molar-refractivity contribution is 7.98. The van der Waals surface area contributed by atoms with Crippen LogP contribution in [-0.4, -0.2) is 39.1 Å². The predicted molar refractivity (Wildman–Crippen MR) is 133 cm³/mol. The van der Waals surface area contributed by atoms with Crippen LogP contribution < -0.4 is 9.47 Å². The Bertz CT molecular complexity index is 1380. The van der Waals surface area contributed by atoms with Crippen LogP contribution in [0.4, 0.5) is 0 Å². The molecule has 0 aliphatic carbocycles. The minimum Gasteiger partial charge on any atom is -0.497 e. The second-order valence-electron chi connectivity index (χ2n) is 7.62. The van der Waals surface area contributed by atoms with Gasteiger partial charge in [0.1, 0.15) is 17.3 Å². The van der Waals surface area contributed by atoms with E-state index in [0.29, 0.717) is 23.9 Å². The molecule has 8 nitrogen and oxygen atoms in total. The summed E-state index contributed by atoms with van der Waals surface area (Å²) in [6.07, 6.45) is 0.655. The van der Waals surface area contributed by atoms with Crippen molar-refractivity contribution >= 4 is 11.8 Å². The third-order valence-corrected chi connectivity index (χ3v) is 6.29. The van der Waals surface area contributed by atoms with Crippen LogP contribution in [0.3, 0.4) is 0 Å². The van der Waals surface area contributed by atoms with E-state index in [4.69, 9.17) is 14.0 Å². The zero-order valence-corrected chi connectivity index (χ0v) is 20.1. The largest absolute Gasteiger partial charge is 0.497 e. The van der Waals surface area contributed by atoms with E-state index in [0.717, 1.165) is 39.3 Å². The monoisotopic (exact) mass is 485 g/mol. The van der Waals surface area contributed by atoms with Crippen molar-refractivity contribution in [2.24, 2.45) is 0 Å². The Morgan fingerprint density at radius 3 is 2.20 bits per heavy atom. The van der Waals surface area contributed by atoms with Gasteiger partial charge in [0.05, 0.1) is 20.0 Å². The quantitative estimate of drug-likeness (QED) is 0.263. The van der Waals surface area contributed by atoms with Gasteiger partial charge in [-0.25, -0.2) is 0 Å². The molecule has 0 aliphatic rings. The second kappa shape index (κ2) is 10.4. The van der Waals surface area contributed by atoms with Gasteiger partial charge in [0.15, 0.2) is 5.16 Å². The summed E-state index contributed by atoms with van der Waals surface area (Å²) in [6, 6.07) is 25.6. The van der Waals surface area contributed by atoms with Gasteiger partial charge >= 0.3 is 0 Å². The number of benzene rings is 3. The lowest BCUT2D eigenvalue weighted by Gasteiger charge is -2.11. The molecule has 0 fully saturated rings. The third-order valence-electron chi connectivity index (χ3n) is 5.38. The number of rotatable bonds is 9. The van der Waals surface area contributed by atoms with Gasteiger partial charge in [-0.05, 0) is 54.1 Å². The van der Waals surface area contributed by atoms with Gasteiger partial charge < -0.3 is 14.0 Å². The summed E-state index contributed by atoms with van der Waals surface area (Å²) in [5.41, 5.74) is 2.97. The SMILES string of the molecule is COc1ccc(-c2noc(CSc3nnc(Cc4ccccc4)n3-c3ccc(OC)cc3)n2)cc1. The van der Waals surface area contributed by atoms with Crippen molar-refractivity contribution in [3.63, 3.8) is 0 Å². The Morgan fingerprint density at radius 2 is 1.51 bits per heavy atom. The van der Waals surface area contributed by atoms with Crippen molar-refractivity contribution in [1.82, 2.24) is 24.9 Å². The first-order valence-electron chi connectivity index (χ1n) is 11.0. The minimum absolute atomic E-state index is 0.461. The lowest BCUT2D eigenvalue weighted by molar-refractivity contribution is 0.391. The molecule has 176 valence electrons. The number of hydrogen-bond acceptors (Lipinski definition) is 8. The molecular formula is C26H23N5O3S. The molecule has 0 saturated carbocycles. The lowest BCUT2D eigenvalue weighted by Crippen LogP contribution is -2.04. The molecule has 2 heterocycles. The first-order chi connectivity index (χ1) is 17.2. The van der Waals surface area contributed by atoms with E-state index < -0.39 is 0 Å². The maximum Gasteiger partial charge on any atom is 0.237 e. The highest BCUT2D eigenvalue weighted by atomic mass is 32.2. The topological polar surface area (TPSA) is 88.1 Å². The first kappa shape index (κ1) is 22.7. The molecule has 5 aromatic rings. The zero-order valence-electron chi connectivity index (χ0n) is 19.3. The first-order valence-corrected chi connectivity index (χ1v) is 11.9. The molecule has 0 unspecified atom stereocenters. The number of nitrogens with zero attached hydrogens (tertiary/aromatic N) is 5. The van der Waals surface area contributed by atoms with Crippen LogP contribution in [0.25, 0.3) is 17.1 Å². The molecule has 2 aromatic heterocycles. The molecule has 0 radical (unpaired) electrons. The Kier molecular flexibility index (Phi) is 6.76. The Morgan fingerprint density at radius 1 is 0.829 bits per heavy atom. The van der Waals surface area contributed by atoms with Crippen molar-refractivity contribution in [3.05, 3.63) is 96.1 Å². The van der Waals surface area contributed by atoms with Crippen molar-refractivity contribution in [3.8, 4) is 28.6 Å². The van der Waals surface area contributed by atoms with Crippen LogP contribution >= 0.6 is 11.8 Å². The summed E-state index contributed by atoms with van der Waals surface area (Å²) < 4.78 is 18.1. The Balaban J connectivity index is 1.38. The van der Waals surface area contributed by atoms with Crippen molar-refractivity contribution < 1.29 is 14.0 Å². The van der Waals surface area contributed by atoms with Gasteiger partial charge in [0, 0.05) is 17.7 Å². The zero-order chi connectivity index (χ0) is 24.0.